The summed E-state index contributed by atoms with van der Waals surface area (Å²) in [5.74, 6) is 0. The van der Waals surface area contributed by atoms with E-state index in [1.165, 1.54) is 30.3 Å². The summed E-state index contributed by atoms with van der Waals surface area (Å²) in [7, 11) is -5.69. The summed E-state index contributed by atoms with van der Waals surface area (Å²) in [6.07, 6.45) is 1.09. The molecule has 206 valence electrons. The number of aromatic nitrogens is 1. The van der Waals surface area contributed by atoms with Gasteiger partial charge in [0.1, 0.15) is 17.2 Å². The lowest BCUT2D eigenvalue weighted by Crippen LogP contribution is -2.30. The molecule has 1 aromatic heterocycles. The first-order valence-electron chi connectivity index (χ1n) is 11.7. The van der Waals surface area contributed by atoms with Gasteiger partial charge in [0, 0.05) is 35.6 Å². The van der Waals surface area contributed by atoms with Crippen LogP contribution < -0.4 is 14.6 Å². The molecule has 0 amide bonds. The molecular weight excluding hydrogens is 556 g/mol. The van der Waals surface area contributed by atoms with Gasteiger partial charge in [0.15, 0.2) is 0 Å². The zero-order valence-electron chi connectivity index (χ0n) is 21.3. The van der Waals surface area contributed by atoms with Crippen LogP contribution in [-0.2, 0) is 27.2 Å². The second-order valence-electron chi connectivity index (χ2n) is 8.75. The van der Waals surface area contributed by atoms with Crippen molar-refractivity contribution in [3.63, 3.8) is 0 Å². The minimum atomic E-state index is -4.25. The van der Waals surface area contributed by atoms with Crippen molar-refractivity contribution in [2.45, 2.75) is 4.90 Å². The van der Waals surface area contributed by atoms with Gasteiger partial charge in [0.25, 0.3) is 5.69 Å². The van der Waals surface area contributed by atoms with E-state index in [4.69, 9.17) is 0 Å². The Morgan fingerprint density at radius 3 is 1.90 bits per heavy atom. The van der Waals surface area contributed by atoms with E-state index in [9.17, 15) is 31.5 Å². The predicted molar refractivity (Wildman–Crippen MR) is 152 cm³/mol. The number of aryl methyl sites for hydroxylation is 1. The summed E-state index contributed by atoms with van der Waals surface area (Å²) in [4.78, 5) is 10.7. The largest absolute Gasteiger partial charge is 0.744 e. The number of pyridine rings is 1. The third-order valence-electron chi connectivity index (χ3n) is 5.85. The SMILES string of the molecule is C[n+]1c2ccccc2c(Nc2ccc(NS(C)(=O)=O)cc2)c2cc([N+](=O)[O-])ccc21.O=S(=O)([O-])c1ccccc1. The molecule has 2 N–H and O–H groups in total. The molecule has 0 aliphatic heterocycles. The highest BCUT2D eigenvalue weighted by molar-refractivity contribution is 7.92. The number of non-ortho nitro benzene ring substituents is 1. The Bertz CT molecular complexity index is 1930. The molecule has 0 radical (unpaired) electrons. The van der Waals surface area contributed by atoms with Crippen LogP contribution in [0.4, 0.5) is 22.7 Å². The number of nitro benzene ring substituents is 1. The fourth-order valence-corrected chi connectivity index (χ4v) is 5.14. The Morgan fingerprint density at radius 2 is 1.32 bits per heavy atom. The van der Waals surface area contributed by atoms with Crippen LogP contribution in [0.1, 0.15) is 0 Å². The number of nitro groups is 1. The van der Waals surface area contributed by atoms with Gasteiger partial charge in [-0.15, -0.1) is 0 Å². The standard InChI is InChI=1S/C21H18N4O4S.C6H6O3S/c1-24-19-6-4-3-5-17(19)21(18-13-16(25(26)27)11-12-20(18)24)22-14-7-9-15(10-8-14)23-30(2,28)29;7-10(8,9)6-4-2-1-3-5-6/h3-13,23H,1-2H3;1-5H,(H,7,8,9). The Hall–Kier alpha value is -4.59. The number of nitrogens with zero attached hydrogens (tertiary/aromatic N) is 2. The van der Waals surface area contributed by atoms with E-state index in [-0.39, 0.29) is 10.6 Å². The van der Waals surface area contributed by atoms with Gasteiger partial charge in [0.05, 0.1) is 32.5 Å². The van der Waals surface area contributed by atoms with Crippen LogP contribution in [0.2, 0.25) is 0 Å². The van der Waals surface area contributed by atoms with Crippen LogP contribution in [0.25, 0.3) is 21.8 Å². The average molecular weight is 581 g/mol. The molecule has 40 heavy (non-hydrogen) atoms. The van der Waals surface area contributed by atoms with Gasteiger partial charge < -0.3 is 9.87 Å². The van der Waals surface area contributed by atoms with E-state index in [1.54, 1.807) is 42.5 Å². The number of sulfonamides is 1. The summed E-state index contributed by atoms with van der Waals surface area (Å²) in [6.45, 7) is 0. The molecule has 0 aliphatic rings. The Morgan fingerprint density at radius 1 is 0.750 bits per heavy atom. The van der Waals surface area contributed by atoms with Gasteiger partial charge in [-0.3, -0.25) is 14.8 Å². The maximum atomic E-state index is 11.4. The Labute approximate surface area is 230 Å². The average Bonchev–Trinajstić information content (AvgIpc) is 2.91. The minimum absolute atomic E-state index is 0.00790. The third kappa shape index (κ3) is 6.69. The van der Waals surface area contributed by atoms with Crippen LogP contribution in [0.5, 0.6) is 0 Å². The van der Waals surface area contributed by atoms with E-state index >= 15 is 0 Å². The highest BCUT2D eigenvalue weighted by Crippen LogP contribution is 2.34. The third-order valence-corrected chi connectivity index (χ3v) is 7.30. The van der Waals surface area contributed by atoms with Gasteiger partial charge in [0.2, 0.25) is 21.1 Å². The summed E-state index contributed by atoms with van der Waals surface area (Å²) >= 11 is 0. The summed E-state index contributed by atoms with van der Waals surface area (Å²) in [5, 5.41) is 16.3. The van der Waals surface area contributed by atoms with Crippen LogP contribution in [0, 0.1) is 10.1 Å². The molecular formula is C27H24N4O7S2. The van der Waals surface area contributed by atoms with Gasteiger partial charge in [-0.1, -0.05) is 30.3 Å². The normalized spacial score (nSPS) is 11.5. The smallest absolute Gasteiger partial charge is 0.270 e. The summed E-state index contributed by atoms with van der Waals surface area (Å²) in [5.41, 5.74) is 3.74. The van der Waals surface area contributed by atoms with Gasteiger partial charge in [-0.05, 0) is 42.5 Å². The fraction of sp³-hybridized carbons (Fsp3) is 0.0741. The number of fused-ring (bicyclic) bond motifs is 2. The number of para-hydroxylation sites is 1. The first-order valence-corrected chi connectivity index (χ1v) is 15.0. The number of nitrogens with one attached hydrogen (secondary N) is 2. The zero-order valence-corrected chi connectivity index (χ0v) is 22.9. The first kappa shape index (κ1) is 28.4. The van der Waals surface area contributed by atoms with Crippen LogP contribution in [0.3, 0.4) is 0 Å². The number of hydrogen-bond donors (Lipinski definition) is 2. The number of benzene rings is 4. The molecule has 4 aromatic carbocycles. The lowest BCUT2D eigenvalue weighted by molar-refractivity contribution is -0.617. The number of hydrogen-bond acceptors (Lipinski definition) is 8. The lowest BCUT2D eigenvalue weighted by atomic mass is 10.1. The second-order valence-corrected chi connectivity index (χ2v) is 11.9. The Kier molecular flexibility index (Phi) is 8.00. The molecule has 0 fully saturated rings. The van der Waals surface area contributed by atoms with Crippen molar-refractivity contribution < 1.29 is 30.9 Å². The van der Waals surface area contributed by atoms with E-state index < -0.39 is 25.1 Å². The maximum absolute atomic E-state index is 11.4. The molecule has 0 saturated heterocycles. The molecule has 0 atom stereocenters. The second kappa shape index (κ2) is 11.3. The monoisotopic (exact) mass is 580 g/mol. The summed E-state index contributed by atoms with van der Waals surface area (Å²) < 4.78 is 58.1. The zero-order chi connectivity index (χ0) is 29.1. The fourth-order valence-electron chi connectivity index (χ4n) is 4.08. The Balaban J connectivity index is 0.000000312. The molecule has 5 aromatic rings. The van der Waals surface area contributed by atoms with Crippen molar-refractivity contribution in [3.05, 3.63) is 107 Å². The number of rotatable bonds is 6. The molecule has 0 aliphatic carbocycles. The van der Waals surface area contributed by atoms with Crippen molar-refractivity contribution in [2.75, 3.05) is 16.3 Å². The van der Waals surface area contributed by atoms with Crippen LogP contribution in [0.15, 0.2) is 102 Å². The highest BCUT2D eigenvalue weighted by atomic mass is 32.2. The lowest BCUT2D eigenvalue weighted by Gasteiger charge is -2.13. The van der Waals surface area contributed by atoms with Crippen molar-refractivity contribution in [1.29, 1.82) is 0 Å². The number of anilines is 3. The quantitative estimate of drug-likeness (QED) is 0.0980. The van der Waals surface area contributed by atoms with Gasteiger partial charge in [-0.25, -0.2) is 16.8 Å². The highest BCUT2D eigenvalue weighted by Gasteiger charge is 2.20. The maximum Gasteiger partial charge on any atom is 0.270 e. The van der Waals surface area contributed by atoms with E-state index in [0.29, 0.717) is 11.1 Å². The van der Waals surface area contributed by atoms with Crippen LogP contribution in [-0.4, -0.2) is 32.6 Å². The van der Waals surface area contributed by atoms with Crippen LogP contribution >= 0.6 is 0 Å². The molecule has 11 nitrogen and oxygen atoms in total. The van der Waals surface area contributed by atoms with Crippen molar-refractivity contribution in [2.24, 2.45) is 7.05 Å². The minimum Gasteiger partial charge on any atom is -0.744 e. The molecule has 1 heterocycles. The molecule has 0 unspecified atom stereocenters. The predicted octanol–water partition coefficient (Wildman–Crippen LogP) is 4.43. The van der Waals surface area contributed by atoms with E-state index in [2.05, 4.69) is 10.0 Å². The van der Waals surface area contributed by atoms with E-state index in [1.807, 2.05) is 35.9 Å². The molecule has 0 spiro atoms. The van der Waals surface area contributed by atoms with Gasteiger partial charge in [-0.2, -0.15) is 4.57 Å². The van der Waals surface area contributed by atoms with E-state index in [0.717, 1.165) is 34.1 Å². The molecule has 0 bridgehead atoms. The molecule has 5 rings (SSSR count). The molecule has 13 heteroatoms. The topological polar surface area (TPSA) is 162 Å². The van der Waals surface area contributed by atoms with Crippen molar-refractivity contribution in [1.82, 2.24) is 0 Å². The summed E-state index contributed by atoms with van der Waals surface area (Å²) in [6, 6.07) is 26.6. The van der Waals surface area contributed by atoms with Crippen molar-refractivity contribution in [3.8, 4) is 0 Å². The van der Waals surface area contributed by atoms with Crippen molar-refractivity contribution >= 4 is 64.7 Å². The molecule has 0 saturated carbocycles. The van der Waals surface area contributed by atoms with Gasteiger partial charge >= 0.3 is 0 Å². The first-order chi connectivity index (χ1) is 18.8.